The molecule has 2 heterocycles. The Hall–Kier alpha value is -1.17. The van der Waals surface area contributed by atoms with Gasteiger partial charge in [-0.15, -0.1) is 0 Å². The van der Waals surface area contributed by atoms with Crippen molar-refractivity contribution in [2.24, 2.45) is 0 Å². The van der Waals surface area contributed by atoms with Gasteiger partial charge in [-0.3, -0.25) is 0 Å². The predicted molar refractivity (Wildman–Crippen MR) is 78.8 cm³/mol. The highest BCUT2D eigenvalue weighted by atomic mass is 35.5. The van der Waals surface area contributed by atoms with Gasteiger partial charge in [-0.2, -0.15) is 11.3 Å². The van der Waals surface area contributed by atoms with Gasteiger partial charge in [-0.25, -0.2) is 9.97 Å². The van der Waals surface area contributed by atoms with E-state index in [2.05, 4.69) is 33.0 Å². The molecule has 2 aromatic heterocycles. The van der Waals surface area contributed by atoms with Gasteiger partial charge in [0.25, 0.3) is 0 Å². The zero-order valence-electron chi connectivity index (χ0n) is 10.9. The first-order valence-electron chi connectivity index (χ1n) is 6.05. The number of anilines is 1. The summed E-state index contributed by atoms with van der Waals surface area (Å²) in [7, 11) is 0. The van der Waals surface area contributed by atoms with Crippen LogP contribution in [-0.4, -0.2) is 16.6 Å². The average Bonchev–Trinajstić information content (AvgIpc) is 2.79. The molecule has 0 atom stereocenters. The van der Waals surface area contributed by atoms with Crippen LogP contribution in [-0.2, 0) is 17.9 Å². The second-order valence-electron chi connectivity index (χ2n) is 4.06. The first-order chi connectivity index (χ1) is 9.19. The van der Waals surface area contributed by atoms with Crippen LogP contribution in [0, 0.1) is 6.92 Å². The molecule has 0 amide bonds. The number of halogens is 1. The molecule has 0 saturated heterocycles. The Kier molecular flexibility index (Phi) is 5.13. The van der Waals surface area contributed by atoms with Crippen molar-refractivity contribution in [2.75, 3.05) is 11.9 Å². The van der Waals surface area contributed by atoms with Crippen LogP contribution < -0.4 is 5.32 Å². The molecule has 19 heavy (non-hydrogen) atoms. The molecule has 0 aliphatic heterocycles. The van der Waals surface area contributed by atoms with Crippen LogP contribution in [0.2, 0.25) is 5.15 Å². The van der Waals surface area contributed by atoms with Gasteiger partial charge in [-0.05, 0) is 35.7 Å². The Labute approximate surface area is 121 Å². The molecule has 2 rings (SSSR count). The third-order valence-corrected chi connectivity index (χ3v) is 3.70. The molecule has 0 bridgehead atoms. The summed E-state index contributed by atoms with van der Waals surface area (Å²) in [4.78, 5) is 8.50. The summed E-state index contributed by atoms with van der Waals surface area (Å²) in [6, 6.07) is 1.72. The molecule has 0 aliphatic rings. The fraction of sp³-hybridized carbons (Fsp3) is 0.385. The lowest BCUT2D eigenvalue weighted by atomic mass is 10.2. The number of aryl methyl sites for hydroxylation is 1. The molecule has 4 nitrogen and oxygen atoms in total. The first kappa shape index (κ1) is 14.2. The SMILES string of the molecule is CCOCc1nc(Cl)cc(NCc2cscc2C)n1. The van der Waals surface area contributed by atoms with Crippen LogP contribution in [0.4, 0.5) is 5.82 Å². The molecule has 102 valence electrons. The number of nitrogens with zero attached hydrogens (tertiary/aromatic N) is 2. The van der Waals surface area contributed by atoms with Crippen LogP contribution in [0.15, 0.2) is 16.8 Å². The van der Waals surface area contributed by atoms with Crippen molar-refractivity contribution in [2.45, 2.75) is 27.0 Å². The standard InChI is InChI=1S/C13H16ClN3OS/c1-3-18-6-13-16-11(14)4-12(17-13)15-5-10-8-19-7-9(10)2/h4,7-8H,3,5-6H2,1-2H3,(H,15,16,17). The zero-order valence-corrected chi connectivity index (χ0v) is 12.5. The van der Waals surface area contributed by atoms with Crippen molar-refractivity contribution in [3.63, 3.8) is 0 Å². The maximum Gasteiger partial charge on any atom is 0.158 e. The summed E-state index contributed by atoms with van der Waals surface area (Å²) >= 11 is 7.68. The molecular formula is C13H16ClN3OS. The molecule has 6 heteroatoms. The first-order valence-corrected chi connectivity index (χ1v) is 7.38. The van der Waals surface area contributed by atoms with Gasteiger partial charge in [0.05, 0.1) is 0 Å². The molecule has 0 aliphatic carbocycles. The monoisotopic (exact) mass is 297 g/mol. The van der Waals surface area contributed by atoms with Gasteiger partial charge in [-0.1, -0.05) is 11.6 Å². The summed E-state index contributed by atoms with van der Waals surface area (Å²) in [5.74, 6) is 1.32. The molecule has 1 N–H and O–H groups in total. The maximum absolute atomic E-state index is 5.98. The minimum Gasteiger partial charge on any atom is -0.374 e. The van der Waals surface area contributed by atoms with Crippen molar-refractivity contribution in [1.29, 1.82) is 0 Å². The lowest BCUT2D eigenvalue weighted by Crippen LogP contribution is -2.06. The van der Waals surface area contributed by atoms with Crippen LogP contribution in [0.5, 0.6) is 0 Å². The highest BCUT2D eigenvalue weighted by Crippen LogP contribution is 2.17. The summed E-state index contributed by atoms with van der Waals surface area (Å²) in [6.45, 7) is 5.77. The quantitative estimate of drug-likeness (QED) is 0.827. The van der Waals surface area contributed by atoms with Gasteiger partial charge in [0, 0.05) is 19.2 Å². The molecule has 2 aromatic rings. The third kappa shape index (κ3) is 4.16. The van der Waals surface area contributed by atoms with E-state index < -0.39 is 0 Å². The number of ether oxygens (including phenoxy) is 1. The van der Waals surface area contributed by atoms with Gasteiger partial charge in [0.15, 0.2) is 5.82 Å². The lowest BCUT2D eigenvalue weighted by Gasteiger charge is -2.08. The Morgan fingerprint density at radius 1 is 1.37 bits per heavy atom. The van der Waals surface area contributed by atoms with E-state index in [9.17, 15) is 0 Å². The molecular weight excluding hydrogens is 282 g/mol. The van der Waals surface area contributed by atoms with E-state index in [1.165, 1.54) is 11.1 Å². The van der Waals surface area contributed by atoms with Gasteiger partial charge in [0.1, 0.15) is 17.6 Å². The highest BCUT2D eigenvalue weighted by Gasteiger charge is 2.05. The molecule has 0 saturated carbocycles. The minimum absolute atomic E-state index is 0.378. The smallest absolute Gasteiger partial charge is 0.158 e. The number of hydrogen-bond donors (Lipinski definition) is 1. The number of nitrogens with one attached hydrogen (secondary N) is 1. The Bertz CT molecular complexity index is 544. The van der Waals surface area contributed by atoms with Crippen molar-refractivity contribution >= 4 is 28.8 Å². The van der Waals surface area contributed by atoms with Gasteiger partial charge >= 0.3 is 0 Å². The summed E-state index contributed by atoms with van der Waals surface area (Å²) in [5.41, 5.74) is 2.55. The third-order valence-electron chi connectivity index (χ3n) is 2.60. The highest BCUT2D eigenvalue weighted by molar-refractivity contribution is 7.08. The fourth-order valence-electron chi connectivity index (χ4n) is 1.57. The summed E-state index contributed by atoms with van der Waals surface area (Å²) in [5, 5.41) is 7.95. The summed E-state index contributed by atoms with van der Waals surface area (Å²) in [6.07, 6.45) is 0. The average molecular weight is 298 g/mol. The van der Waals surface area contributed by atoms with Crippen molar-refractivity contribution in [3.8, 4) is 0 Å². The van der Waals surface area contributed by atoms with E-state index >= 15 is 0 Å². The predicted octanol–water partition coefficient (Wildman–Crippen LogP) is 3.65. The van der Waals surface area contributed by atoms with E-state index in [1.807, 2.05) is 6.92 Å². The maximum atomic E-state index is 5.98. The molecule has 0 spiro atoms. The van der Waals surface area contributed by atoms with Gasteiger partial charge < -0.3 is 10.1 Å². The van der Waals surface area contributed by atoms with Crippen molar-refractivity contribution in [1.82, 2.24) is 9.97 Å². The van der Waals surface area contributed by atoms with E-state index in [-0.39, 0.29) is 0 Å². The topological polar surface area (TPSA) is 47.0 Å². The molecule has 0 unspecified atom stereocenters. The van der Waals surface area contributed by atoms with E-state index in [4.69, 9.17) is 16.3 Å². The van der Waals surface area contributed by atoms with E-state index in [0.717, 1.165) is 12.4 Å². The summed E-state index contributed by atoms with van der Waals surface area (Å²) < 4.78 is 5.29. The number of hydrogen-bond acceptors (Lipinski definition) is 5. The second kappa shape index (κ2) is 6.84. The number of thiophene rings is 1. The number of aromatic nitrogens is 2. The van der Waals surface area contributed by atoms with Gasteiger partial charge in [0.2, 0.25) is 0 Å². The largest absolute Gasteiger partial charge is 0.374 e. The van der Waals surface area contributed by atoms with Crippen molar-refractivity contribution < 1.29 is 4.74 Å². The van der Waals surface area contributed by atoms with E-state index in [1.54, 1.807) is 17.4 Å². The Morgan fingerprint density at radius 3 is 2.89 bits per heavy atom. The second-order valence-corrected chi connectivity index (χ2v) is 5.19. The van der Waals surface area contributed by atoms with Crippen LogP contribution >= 0.6 is 22.9 Å². The van der Waals surface area contributed by atoms with Crippen LogP contribution in [0.1, 0.15) is 23.9 Å². The minimum atomic E-state index is 0.378. The number of rotatable bonds is 6. The zero-order chi connectivity index (χ0) is 13.7. The van der Waals surface area contributed by atoms with Crippen molar-refractivity contribution in [3.05, 3.63) is 38.9 Å². The molecule has 0 fully saturated rings. The van der Waals surface area contributed by atoms with Crippen LogP contribution in [0.25, 0.3) is 0 Å². The Morgan fingerprint density at radius 2 is 2.21 bits per heavy atom. The lowest BCUT2D eigenvalue weighted by molar-refractivity contribution is 0.128. The van der Waals surface area contributed by atoms with Crippen LogP contribution in [0.3, 0.4) is 0 Å². The van der Waals surface area contributed by atoms with E-state index in [0.29, 0.717) is 24.2 Å². The Balaban J connectivity index is 2.03. The fourth-order valence-corrected chi connectivity index (χ4v) is 2.62. The molecule has 0 radical (unpaired) electrons. The molecule has 0 aromatic carbocycles. The normalized spacial score (nSPS) is 10.7.